The Kier molecular flexibility index (Phi) is 4.71. The number of anilines is 1. The number of hydrogen-bond donors (Lipinski definition) is 2. The number of benzene rings is 1. The van der Waals surface area contributed by atoms with Crippen LogP contribution in [0.25, 0.3) is 5.70 Å². The molecule has 4 aliphatic carbocycles. The number of halogens is 3. The lowest BCUT2D eigenvalue weighted by Gasteiger charge is -2.56. The van der Waals surface area contributed by atoms with Gasteiger partial charge in [0.25, 0.3) is 5.91 Å². The zero-order valence-electron chi connectivity index (χ0n) is 19.2. The number of alkyl halides is 3. The molecule has 1 aliphatic heterocycles. The Morgan fingerprint density at radius 1 is 1.12 bits per heavy atom. The van der Waals surface area contributed by atoms with Crippen LogP contribution in [-0.2, 0) is 5.54 Å². The summed E-state index contributed by atoms with van der Waals surface area (Å²) in [5, 5.41) is 10.5. The highest BCUT2D eigenvalue weighted by Gasteiger charge is 2.58. The van der Waals surface area contributed by atoms with Crippen molar-refractivity contribution in [2.45, 2.75) is 69.1 Å². The predicted molar refractivity (Wildman–Crippen MR) is 123 cm³/mol. The molecule has 5 aliphatic rings. The maximum atomic E-state index is 14.5. The van der Waals surface area contributed by atoms with E-state index in [-0.39, 0.29) is 29.2 Å². The van der Waals surface area contributed by atoms with Crippen molar-refractivity contribution in [1.29, 1.82) is 0 Å². The third kappa shape index (κ3) is 3.21. The highest BCUT2D eigenvalue weighted by atomic mass is 19.4. The number of rotatable bonds is 4. The van der Waals surface area contributed by atoms with Gasteiger partial charge in [0.15, 0.2) is 5.54 Å². The number of aromatic nitrogens is 2. The Hall–Kier alpha value is -2.77. The van der Waals surface area contributed by atoms with Gasteiger partial charge in [0.2, 0.25) is 0 Å². The van der Waals surface area contributed by atoms with Crippen molar-refractivity contribution >= 4 is 17.4 Å². The number of carbonyl (C=O) groups excluding carboxylic acids is 1. The molecule has 4 bridgehead atoms. The lowest BCUT2D eigenvalue weighted by molar-refractivity contribution is -0.201. The van der Waals surface area contributed by atoms with Crippen molar-refractivity contribution in [2.75, 3.05) is 5.32 Å². The second-order valence-corrected chi connectivity index (χ2v) is 10.8. The van der Waals surface area contributed by atoms with Gasteiger partial charge in [-0.05, 0) is 74.3 Å². The van der Waals surface area contributed by atoms with Crippen molar-refractivity contribution in [3.05, 3.63) is 53.7 Å². The molecule has 7 rings (SSSR count). The van der Waals surface area contributed by atoms with Gasteiger partial charge in [-0.2, -0.15) is 18.3 Å². The second kappa shape index (κ2) is 7.36. The standard InChI is InChI=1S/C26H29F3N4O/c1-2-25(26(27,28)29)14-21(19-6-4-3-5-7-19)31-22-20(15-30-33(22)25)23(34)32-24-11-16-8-17(12-24)10-18(9-16)13-24/h3-7,14-18,31H,2,8-13H2,1H3,(H,32,34). The monoisotopic (exact) mass is 470 g/mol. The molecule has 1 aromatic heterocycles. The topological polar surface area (TPSA) is 59.0 Å². The Balaban J connectivity index is 1.38. The number of nitrogens with zero attached hydrogens (tertiary/aromatic N) is 2. The minimum atomic E-state index is -4.58. The van der Waals surface area contributed by atoms with E-state index in [1.54, 1.807) is 24.3 Å². The van der Waals surface area contributed by atoms with Gasteiger partial charge in [-0.3, -0.25) is 4.79 Å². The maximum absolute atomic E-state index is 14.5. The summed E-state index contributed by atoms with van der Waals surface area (Å²) in [6.45, 7) is 1.50. The van der Waals surface area contributed by atoms with Crippen LogP contribution in [0.5, 0.6) is 0 Å². The van der Waals surface area contributed by atoms with E-state index >= 15 is 0 Å². The van der Waals surface area contributed by atoms with E-state index in [1.807, 2.05) is 6.07 Å². The zero-order chi connectivity index (χ0) is 23.7. The summed E-state index contributed by atoms with van der Waals surface area (Å²) in [5.74, 6) is 1.71. The van der Waals surface area contributed by atoms with Crippen molar-refractivity contribution in [3.63, 3.8) is 0 Å². The Morgan fingerprint density at radius 2 is 1.74 bits per heavy atom. The minimum Gasteiger partial charge on any atom is -0.346 e. The molecule has 2 aromatic rings. The van der Waals surface area contributed by atoms with Gasteiger partial charge in [0.1, 0.15) is 11.4 Å². The van der Waals surface area contributed by atoms with Gasteiger partial charge in [0, 0.05) is 11.2 Å². The van der Waals surface area contributed by atoms with E-state index in [9.17, 15) is 18.0 Å². The highest BCUT2D eigenvalue weighted by molar-refractivity contribution is 6.01. The van der Waals surface area contributed by atoms with Crippen LogP contribution in [0.1, 0.15) is 67.8 Å². The predicted octanol–water partition coefficient (Wildman–Crippen LogP) is 5.72. The van der Waals surface area contributed by atoms with Crippen LogP contribution in [0.4, 0.5) is 19.0 Å². The molecule has 1 unspecified atom stereocenters. The minimum absolute atomic E-state index is 0.0998. The molecule has 0 radical (unpaired) electrons. The highest BCUT2D eigenvalue weighted by Crippen LogP contribution is 2.56. The van der Waals surface area contributed by atoms with Gasteiger partial charge in [0.05, 0.1) is 6.20 Å². The molecule has 8 heteroatoms. The van der Waals surface area contributed by atoms with Gasteiger partial charge in [-0.25, -0.2) is 4.68 Å². The van der Waals surface area contributed by atoms with Crippen molar-refractivity contribution in [1.82, 2.24) is 15.1 Å². The summed E-state index contributed by atoms with van der Waals surface area (Å²) in [5.41, 5.74) is -1.45. The Morgan fingerprint density at radius 3 is 2.29 bits per heavy atom. The zero-order valence-corrected chi connectivity index (χ0v) is 19.2. The van der Waals surface area contributed by atoms with E-state index in [0.29, 0.717) is 29.0 Å². The lowest BCUT2D eigenvalue weighted by Crippen LogP contribution is -2.59. The summed E-state index contributed by atoms with van der Waals surface area (Å²) < 4.78 is 44.5. The average Bonchev–Trinajstić information content (AvgIpc) is 3.21. The Bertz CT molecular complexity index is 1120. The molecule has 5 nitrogen and oxygen atoms in total. The van der Waals surface area contributed by atoms with Crippen LogP contribution in [0, 0.1) is 17.8 Å². The van der Waals surface area contributed by atoms with E-state index in [1.165, 1.54) is 38.5 Å². The molecule has 1 amide bonds. The third-order valence-corrected chi connectivity index (χ3v) is 8.56. The van der Waals surface area contributed by atoms with Crippen LogP contribution in [-0.4, -0.2) is 27.4 Å². The summed E-state index contributed by atoms with van der Waals surface area (Å²) in [6, 6.07) is 8.91. The summed E-state index contributed by atoms with van der Waals surface area (Å²) in [6.07, 6.45) is 4.31. The average molecular weight is 471 g/mol. The largest absolute Gasteiger partial charge is 0.417 e. The molecular formula is C26H29F3N4O. The fourth-order valence-electron chi connectivity index (χ4n) is 7.40. The molecule has 180 valence electrons. The van der Waals surface area contributed by atoms with Gasteiger partial charge in [-0.15, -0.1) is 0 Å². The number of allylic oxidation sites excluding steroid dienone is 1. The first-order chi connectivity index (χ1) is 16.2. The second-order valence-electron chi connectivity index (χ2n) is 10.8. The van der Waals surface area contributed by atoms with Crippen LogP contribution in [0.3, 0.4) is 0 Å². The van der Waals surface area contributed by atoms with Crippen molar-refractivity contribution in [2.24, 2.45) is 17.8 Å². The normalized spacial score (nSPS) is 33.8. The molecule has 1 atom stereocenters. The first-order valence-corrected chi connectivity index (χ1v) is 12.2. The molecule has 4 saturated carbocycles. The quantitative estimate of drug-likeness (QED) is 0.601. The van der Waals surface area contributed by atoms with Gasteiger partial charge in [-0.1, -0.05) is 37.3 Å². The lowest BCUT2D eigenvalue weighted by atomic mass is 9.53. The SMILES string of the molecule is CCC1(C(F)(F)F)C=C(c2ccccc2)Nc2c(C(=O)NC34CC5CC(CC(C5)C3)C4)cnn21. The Labute approximate surface area is 196 Å². The van der Waals surface area contributed by atoms with Crippen LogP contribution >= 0.6 is 0 Å². The smallest absolute Gasteiger partial charge is 0.346 e. The number of amides is 1. The molecule has 2 heterocycles. The number of carbonyl (C=O) groups is 1. The maximum Gasteiger partial charge on any atom is 0.417 e. The molecular weight excluding hydrogens is 441 g/mol. The van der Waals surface area contributed by atoms with Gasteiger partial charge >= 0.3 is 6.18 Å². The third-order valence-electron chi connectivity index (χ3n) is 8.56. The van der Waals surface area contributed by atoms with Gasteiger partial charge < -0.3 is 10.6 Å². The van der Waals surface area contributed by atoms with Crippen LogP contribution in [0.15, 0.2) is 42.6 Å². The number of nitrogens with one attached hydrogen (secondary N) is 2. The summed E-state index contributed by atoms with van der Waals surface area (Å²) in [4.78, 5) is 13.5. The molecule has 0 saturated heterocycles. The molecule has 34 heavy (non-hydrogen) atoms. The molecule has 0 spiro atoms. The molecule has 4 fully saturated rings. The first-order valence-electron chi connectivity index (χ1n) is 12.2. The van der Waals surface area contributed by atoms with Crippen molar-refractivity contribution < 1.29 is 18.0 Å². The first kappa shape index (κ1) is 21.7. The molecule has 1 aromatic carbocycles. The molecule has 2 N–H and O–H groups in total. The van der Waals surface area contributed by atoms with E-state index in [2.05, 4.69) is 15.7 Å². The number of fused-ring (bicyclic) bond motifs is 1. The summed E-state index contributed by atoms with van der Waals surface area (Å²) >= 11 is 0. The van der Waals surface area contributed by atoms with Crippen LogP contribution in [0.2, 0.25) is 0 Å². The van der Waals surface area contributed by atoms with E-state index in [4.69, 9.17) is 0 Å². The van der Waals surface area contributed by atoms with Crippen molar-refractivity contribution in [3.8, 4) is 0 Å². The number of hydrogen-bond acceptors (Lipinski definition) is 3. The van der Waals surface area contributed by atoms with E-state index in [0.717, 1.165) is 23.9 Å². The summed E-state index contributed by atoms with van der Waals surface area (Å²) in [7, 11) is 0. The van der Waals surface area contributed by atoms with E-state index < -0.39 is 11.7 Å². The van der Waals surface area contributed by atoms with Crippen LogP contribution < -0.4 is 10.6 Å². The fourth-order valence-corrected chi connectivity index (χ4v) is 7.40. The fraction of sp³-hybridized carbons (Fsp3) is 0.538.